The lowest BCUT2D eigenvalue weighted by molar-refractivity contribution is -0.116. The third-order valence-corrected chi connectivity index (χ3v) is 7.73. The number of hydrogen-bond donors (Lipinski definition) is 2. The molecule has 0 saturated carbocycles. The van der Waals surface area contributed by atoms with Gasteiger partial charge in [0.2, 0.25) is 0 Å². The number of anilines is 1. The molecule has 0 radical (unpaired) electrons. The van der Waals surface area contributed by atoms with Crippen LogP contribution in [0.25, 0.3) is 0 Å². The molecule has 0 unspecified atom stereocenters. The second-order valence-electron chi connectivity index (χ2n) is 10.1. The number of allylic oxidation sites excluding steroid dienone is 3. The number of para-hydroxylation sites is 2. The van der Waals surface area contributed by atoms with Gasteiger partial charge in [0, 0.05) is 34.9 Å². The normalized spacial score (nSPS) is 18.3. The molecule has 0 bridgehead atoms. The predicted octanol–water partition coefficient (Wildman–Crippen LogP) is 5.72. The molecule has 2 N–H and O–H groups in total. The number of hydrogen-bond acceptors (Lipinski definition) is 7. The Kier molecular flexibility index (Phi) is 8.01. The first kappa shape index (κ1) is 27.8. The van der Waals surface area contributed by atoms with Crippen LogP contribution in [0.1, 0.15) is 42.7 Å². The number of rotatable bonds is 8. The fraction of sp³-hybridized carbons (Fsp3) is 0.273. The Labute approximate surface area is 240 Å². The average Bonchev–Trinajstić information content (AvgIpc) is 3.00. The summed E-state index contributed by atoms with van der Waals surface area (Å²) in [6, 6.07) is 20.6. The van der Waals surface area contributed by atoms with Crippen LogP contribution in [0.2, 0.25) is 0 Å². The molecule has 2 atom stereocenters. The molecule has 1 aliphatic heterocycles. The molecule has 1 aliphatic carbocycles. The summed E-state index contributed by atoms with van der Waals surface area (Å²) in [6.45, 7) is 1.87. The quantitative estimate of drug-likeness (QED) is 0.368. The van der Waals surface area contributed by atoms with Crippen LogP contribution in [0.3, 0.4) is 0 Å². The number of dihydropyridines is 1. The van der Waals surface area contributed by atoms with Gasteiger partial charge < -0.3 is 29.6 Å². The molecule has 0 aromatic heterocycles. The average molecular weight is 555 g/mol. The molecular weight excluding hydrogens is 520 g/mol. The Balaban J connectivity index is 1.56. The molecule has 41 heavy (non-hydrogen) atoms. The molecule has 8 heteroatoms. The monoisotopic (exact) mass is 554 g/mol. The van der Waals surface area contributed by atoms with Gasteiger partial charge in [0.25, 0.3) is 5.91 Å². The van der Waals surface area contributed by atoms with E-state index in [4.69, 9.17) is 18.9 Å². The Hall–Kier alpha value is -4.72. The SMILES string of the molecule is COc1cccc([C@@H]2C(C(=O)Nc3ccccc3OC)=C(C)NC3=C2C(=O)C[C@H](c2ccc(OC)c(OC)c2)C3)c1. The Morgan fingerprint density at radius 1 is 0.805 bits per heavy atom. The maximum atomic E-state index is 14.0. The van der Waals surface area contributed by atoms with Crippen molar-refractivity contribution in [3.63, 3.8) is 0 Å². The van der Waals surface area contributed by atoms with Crippen molar-refractivity contribution >= 4 is 17.4 Å². The highest BCUT2D eigenvalue weighted by Crippen LogP contribution is 2.47. The summed E-state index contributed by atoms with van der Waals surface area (Å²) in [5, 5.41) is 6.44. The van der Waals surface area contributed by atoms with E-state index < -0.39 is 5.92 Å². The molecule has 8 nitrogen and oxygen atoms in total. The number of methoxy groups -OCH3 is 4. The molecular formula is C33H34N2O6. The lowest BCUT2D eigenvalue weighted by atomic mass is 9.71. The van der Waals surface area contributed by atoms with Crippen molar-refractivity contribution in [1.29, 1.82) is 0 Å². The largest absolute Gasteiger partial charge is 0.497 e. The molecule has 0 spiro atoms. The van der Waals surface area contributed by atoms with Crippen LogP contribution in [-0.4, -0.2) is 40.1 Å². The van der Waals surface area contributed by atoms with Crippen LogP contribution >= 0.6 is 0 Å². The van der Waals surface area contributed by atoms with E-state index in [0.29, 0.717) is 58.4 Å². The topological polar surface area (TPSA) is 95.1 Å². The second kappa shape index (κ2) is 11.8. The zero-order valence-corrected chi connectivity index (χ0v) is 23.9. The number of carbonyl (C=O) groups excluding carboxylic acids is 2. The molecule has 1 heterocycles. The summed E-state index contributed by atoms with van der Waals surface area (Å²) >= 11 is 0. The van der Waals surface area contributed by atoms with Crippen LogP contribution in [0.15, 0.2) is 89.3 Å². The van der Waals surface area contributed by atoms with E-state index >= 15 is 0 Å². The van der Waals surface area contributed by atoms with Gasteiger partial charge in [-0.05, 0) is 66.8 Å². The van der Waals surface area contributed by atoms with Crippen molar-refractivity contribution in [3.8, 4) is 23.0 Å². The highest BCUT2D eigenvalue weighted by atomic mass is 16.5. The van der Waals surface area contributed by atoms with Gasteiger partial charge in [-0.3, -0.25) is 9.59 Å². The van der Waals surface area contributed by atoms with Crippen LogP contribution in [0.4, 0.5) is 5.69 Å². The van der Waals surface area contributed by atoms with Crippen molar-refractivity contribution in [2.24, 2.45) is 0 Å². The van der Waals surface area contributed by atoms with E-state index in [9.17, 15) is 9.59 Å². The minimum atomic E-state index is -0.574. The number of carbonyl (C=O) groups is 2. The second-order valence-corrected chi connectivity index (χ2v) is 10.1. The summed E-state index contributed by atoms with van der Waals surface area (Å²) in [6.07, 6.45) is 0.909. The van der Waals surface area contributed by atoms with Crippen molar-refractivity contribution in [1.82, 2.24) is 5.32 Å². The molecule has 3 aromatic rings. The zero-order chi connectivity index (χ0) is 29.1. The first-order valence-electron chi connectivity index (χ1n) is 13.4. The fourth-order valence-electron chi connectivity index (χ4n) is 5.77. The lowest BCUT2D eigenvalue weighted by Gasteiger charge is -2.37. The van der Waals surface area contributed by atoms with Gasteiger partial charge in [0.05, 0.1) is 34.1 Å². The van der Waals surface area contributed by atoms with Crippen molar-refractivity contribution in [2.45, 2.75) is 31.6 Å². The number of Topliss-reactive ketones (excluding diaryl/α,β-unsaturated/α-hetero) is 1. The van der Waals surface area contributed by atoms with Crippen LogP contribution < -0.4 is 29.6 Å². The summed E-state index contributed by atoms with van der Waals surface area (Å²) in [5.74, 6) is 1.50. The van der Waals surface area contributed by atoms with Gasteiger partial charge in [-0.25, -0.2) is 0 Å². The smallest absolute Gasteiger partial charge is 0.254 e. The van der Waals surface area contributed by atoms with Crippen LogP contribution in [-0.2, 0) is 9.59 Å². The number of ether oxygens (including phenoxy) is 4. The van der Waals surface area contributed by atoms with Crippen molar-refractivity contribution in [2.75, 3.05) is 33.8 Å². The zero-order valence-electron chi connectivity index (χ0n) is 23.9. The molecule has 2 aliphatic rings. The van der Waals surface area contributed by atoms with Gasteiger partial charge in [-0.15, -0.1) is 0 Å². The maximum Gasteiger partial charge on any atom is 0.254 e. The summed E-state index contributed by atoms with van der Waals surface area (Å²) in [5.41, 5.74) is 4.92. The van der Waals surface area contributed by atoms with Gasteiger partial charge in [-0.1, -0.05) is 30.3 Å². The van der Waals surface area contributed by atoms with Crippen LogP contribution in [0.5, 0.6) is 23.0 Å². The van der Waals surface area contributed by atoms with E-state index in [1.807, 2.05) is 61.5 Å². The summed E-state index contributed by atoms with van der Waals surface area (Å²) in [7, 11) is 6.35. The van der Waals surface area contributed by atoms with Gasteiger partial charge in [0.15, 0.2) is 17.3 Å². The number of nitrogens with one attached hydrogen (secondary N) is 2. The lowest BCUT2D eigenvalue weighted by Crippen LogP contribution is -2.37. The third kappa shape index (κ3) is 5.37. The van der Waals surface area contributed by atoms with Gasteiger partial charge in [-0.2, -0.15) is 0 Å². The number of ketones is 1. The Morgan fingerprint density at radius 2 is 1.56 bits per heavy atom. The molecule has 0 saturated heterocycles. The van der Waals surface area contributed by atoms with Gasteiger partial charge >= 0.3 is 0 Å². The Morgan fingerprint density at radius 3 is 2.29 bits per heavy atom. The molecule has 1 amide bonds. The van der Waals surface area contributed by atoms with Crippen LogP contribution in [0, 0.1) is 0 Å². The number of amides is 1. The first-order chi connectivity index (χ1) is 19.9. The standard InChI is InChI=1S/C33H34N2O6/c1-19-30(33(37)35-24-11-6-7-12-27(24)39-3)31(21-9-8-10-23(15-21)38-2)32-25(34-19)16-22(17-26(32)36)20-13-14-28(40-4)29(18-20)41-5/h6-15,18,22,31,34H,16-17H2,1-5H3,(H,35,37)/t22-,31-/m1/s1. The predicted molar refractivity (Wildman–Crippen MR) is 157 cm³/mol. The number of benzene rings is 3. The van der Waals surface area contributed by atoms with Crippen molar-refractivity contribution < 1.29 is 28.5 Å². The van der Waals surface area contributed by atoms with Crippen molar-refractivity contribution in [3.05, 3.63) is 100 Å². The highest BCUT2D eigenvalue weighted by Gasteiger charge is 2.41. The minimum Gasteiger partial charge on any atom is -0.497 e. The highest BCUT2D eigenvalue weighted by molar-refractivity contribution is 6.10. The van der Waals surface area contributed by atoms with E-state index in [2.05, 4.69) is 10.6 Å². The minimum absolute atomic E-state index is 0.0125. The molecule has 3 aromatic carbocycles. The van der Waals surface area contributed by atoms with E-state index in [1.165, 1.54) is 0 Å². The Bertz CT molecular complexity index is 1560. The summed E-state index contributed by atoms with van der Waals surface area (Å²) in [4.78, 5) is 27.9. The third-order valence-electron chi connectivity index (χ3n) is 7.73. The first-order valence-corrected chi connectivity index (χ1v) is 13.4. The van der Waals surface area contributed by atoms with E-state index in [0.717, 1.165) is 16.8 Å². The van der Waals surface area contributed by atoms with E-state index in [-0.39, 0.29) is 17.6 Å². The molecule has 0 fully saturated rings. The fourth-order valence-corrected chi connectivity index (χ4v) is 5.77. The molecule has 212 valence electrons. The maximum absolute atomic E-state index is 14.0. The van der Waals surface area contributed by atoms with E-state index in [1.54, 1.807) is 40.6 Å². The van der Waals surface area contributed by atoms with Gasteiger partial charge in [0.1, 0.15) is 11.5 Å². The molecule has 5 rings (SSSR count). The summed E-state index contributed by atoms with van der Waals surface area (Å²) < 4.78 is 21.9.